The standard InChI is InChI=1S/C90H176O17P2/c1-6-10-13-16-19-22-25-27-29-31-33-35-37-39-44-49-54-59-64-69-74-88(93)101-80-86(107-89(94)75-70-65-60-55-50-45-40-38-36-34-32-30-28-26-23-20-17-14-11-7-2)82-105-109(98,99)103-78-84(91)77-102-108(96,97)104-81-85(79-100-87(92)73-68-63-58-53-47-24-21-18-15-12-8-3)106-90(95)76-71-66-61-56-51-46-42-41-43-48-52-57-62-67-72-83(5)9-4/h83-86,91H,6-82H2,1-5H3,(H,96,97)(H,98,99)/t83?,84-,85+,86+/m0/s1. The third kappa shape index (κ3) is 82.4. The van der Waals surface area contributed by atoms with Gasteiger partial charge in [-0.2, -0.15) is 0 Å². The number of aliphatic hydroxyl groups excluding tert-OH is 1. The van der Waals surface area contributed by atoms with Crippen molar-refractivity contribution in [3.63, 3.8) is 0 Å². The first kappa shape index (κ1) is 107. The fourth-order valence-corrected chi connectivity index (χ4v) is 15.7. The molecule has 0 aromatic heterocycles. The van der Waals surface area contributed by atoms with Crippen molar-refractivity contribution >= 4 is 39.5 Å². The fourth-order valence-electron chi connectivity index (χ4n) is 14.1. The van der Waals surface area contributed by atoms with Gasteiger partial charge in [-0.05, 0) is 31.6 Å². The molecule has 0 fully saturated rings. The third-order valence-electron chi connectivity index (χ3n) is 21.6. The van der Waals surface area contributed by atoms with Crippen LogP contribution < -0.4 is 0 Å². The highest BCUT2D eigenvalue weighted by molar-refractivity contribution is 7.47. The molecular formula is C90H176O17P2. The van der Waals surface area contributed by atoms with Crippen molar-refractivity contribution in [2.45, 2.75) is 509 Å². The second-order valence-electron chi connectivity index (χ2n) is 32.6. The monoisotopic (exact) mass is 1590 g/mol. The van der Waals surface area contributed by atoms with Crippen LogP contribution in [0.25, 0.3) is 0 Å². The van der Waals surface area contributed by atoms with Crippen LogP contribution in [-0.4, -0.2) is 96.7 Å². The number of esters is 4. The molecule has 0 radical (unpaired) electrons. The first-order valence-corrected chi connectivity index (χ1v) is 49.7. The van der Waals surface area contributed by atoms with Gasteiger partial charge in [0.15, 0.2) is 12.2 Å². The fraction of sp³-hybridized carbons (Fsp3) is 0.956. The van der Waals surface area contributed by atoms with Gasteiger partial charge in [-0.15, -0.1) is 0 Å². The van der Waals surface area contributed by atoms with E-state index in [1.807, 2.05) is 0 Å². The van der Waals surface area contributed by atoms with Gasteiger partial charge in [0.1, 0.15) is 19.3 Å². The number of ether oxygens (including phenoxy) is 4. The van der Waals surface area contributed by atoms with Crippen LogP contribution in [0.1, 0.15) is 490 Å². The van der Waals surface area contributed by atoms with Crippen LogP contribution in [-0.2, 0) is 65.4 Å². The van der Waals surface area contributed by atoms with Crippen LogP contribution in [0.4, 0.5) is 0 Å². The van der Waals surface area contributed by atoms with Crippen LogP contribution in [0.3, 0.4) is 0 Å². The lowest BCUT2D eigenvalue weighted by Crippen LogP contribution is -2.30. The molecule has 17 nitrogen and oxygen atoms in total. The summed E-state index contributed by atoms with van der Waals surface area (Å²) in [6.07, 6.45) is 77.7. The minimum Gasteiger partial charge on any atom is -0.462 e. The Labute approximate surface area is 670 Å². The Morgan fingerprint density at radius 1 is 0.257 bits per heavy atom. The Morgan fingerprint density at radius 2 is 0.440 bits per heavy atom. The normalized spacial score (nSPS) is 13.9. The summed E-state index contributed by atoms with van der Waals surface area (Å²) in [4.78, 5) is 73.4. The predicted molar refractivity (Wildman–Crippen MR) is 451 cm³/mol. The molecule has 0 amide bonds. The molecule has 0 saturated carbocycles. The van der Waals surface area contributed by atoms with Gasteiger partial charge in [-0.1, -0.05) is 439 Å². The zero-order valence-corrected chi connectivity index (χ0v) is 73.5. The van der Waals surface area contributed by atoms with E-state index in [0.717, 1.165) is 95.8 Å². The predicted octanol–water partition coefficient (Wildman–Crippen LogP) is 27.9. The number of hydrogen-bond acceptors (Lipinski definition) is 15. The van der Waals surface area contributed by atoms with Crippen molar-refractivity contribution in [2.24, 2.45) is 5.92 Å². The number of carbonyl (C=O) groups is 4. The van der Waals surface area contributed by atoms with Crippen LogP contribution >= 0.6 is 15.6 Å². The lowest BCUT2D eigenvalue weighted by Gasteiger charge is -2.21. The van der Waals surface area contributed by atoms with Gasteiger partial charge < -0.3 is 33.8 Å². The van der Waals surface area contributed by atoms with Gasteiger partial charge in [-0.25, -0.2) is 9.13 Å². The third-order valence-corrected chi connectivity index (χ3v) is 23.5. The number of phosphoric acid groups is 2. The molecular weight excluding hydrogens is 1410 g/mol. The maximum atomic E-state index is 13.2. The van der Waals surface area contributed by atoms with E-state index in [9.17, 15) is 43.2 Å². The Balaban J connectivity index is 5.23. The average Bonchev–Trinajstić information content (AvgIpc) is 0.904. The molecule has 3 unspecified atom stereocenters. The molecule has 109 heavy (non-hydrogen) atoms. The number of aliphatic hydroxyl groups is 1. The summed E-state index contributed by atoms with van der Waals surface area (Å²) in [6.45, 7) is 7.44. The molecule has 0 aliphatic rings. The highest BCUT2D eigenvalue weighted by Crippen LogP contribution is 2.45. The van der Waals surface area contributed by atoms with E-state index in [0.29, 0.717) is 25.7 Å². The SMILES string of the molecule is CCCCCCCCCCCCCCCCCCCCCCC(=O)OC[C@H](COP(=O)(O)OC[C@@H](O)COP(=O)(O)OC[C@@H](COC(=O)CCCCCCCCCCCCC)OC(=O)CCCCCCCCCCCCCCCCC(C)CC)OC(=O)CCCCCCCCCCCCCCCCCCCCCC. The van der Waals surface area contributed by atoms with Gasteiger partial charge >= 0.3 is 39.5 Å². The molecule has 0 bridgehead atoms. The summed E-state index contributed by atoms with van der Waals surface area (Å²) in [5.41, 5.74) is 0. The zero-order chi connectivity index (χ0) is 79.7. The Bertz CT molecular complexity index is 2070. The highest BCUT2D eigenvalue weighted by atomic mass is 31.2. The largest absolute Gasteiger partial charge is 0.472 e. The molecule has 648 valence electrons. The summed E-state index contributed by atoms with van der Waals surface area (Å²) in [7, 11) is -9.93. The van der Waals surface area contributed by atoms with E-state index in [4.69, 9.17) is 37.0 Å². The van der Waals surface area contributed by atoms with Crippen molar-refractivity contribution in [2.75, 3.05) is 39.6 Å². The smallest absolute Gasteiger partial charge is 0.462 e. The molecule has 3 N–H and O–H groups in total. The van der Waals surface area contributed by atoms with Crippen molar-refractivity contribution in [1.82, 2.24) is 0 Å². The zero-order valence-electron chi connectivity index (χ0n) is 71.7. The van der Waals surface area contributed by atoms with E-state index in [1.165, 1.54) is 315 Å². The Morgan fingerprint density at radius 3 is 0.651 bits per heavy atom. The van der Waals surface area contributed by atoms with Crippen LogP contribution in [0.2, 0.25) is 0 Å². The molecule has 6 atom stereocenters. The van der Waals surface area contributed by atoms with Crippen LogP contribution in [0, 0.1) is 5.92 Å². The molecule has 0 aliphatic carbocycles. The first-order valence-electron chi connectivity index (χ1n) is 46.7. The molecule has 0 rings (SSSR count). The minimum atomic E-state index is -4.97. The minimum absolute atomic E-state index is 0.108. The number of rotatable bonds is 90. The average molecular weight is 1590 g/mol. The van der Waals surface area contributed by atoms with E-state index < -0.39 is 97.5 Å². The summed E-state index contributed by atoms with van der Waals surface area (Å²) in [5, 5.41) is 10.7. The van der Waals surface area contributed by atoms with E-state index in [-0.39, 0.29) is 25.7 Å². The van der Waals surface area contributed by atoms with Gasteiger partial charge in [0.25, 0.3) is 0 Å². The van der Waals surface area contributed by atoms with Crippen molar-refractivity contribution < 1.29 is 80.2 Å². The Kier molecular flexibility index (Phi) is 81.1. The molecule has 19 heteroatoms. The van der Waals surface area contributed by atoms with Crippen molar-refractivity contribution in [1.29, 1.82) is 0 Å². The molecule has 0 spiro atoms. The summed E-state index contributed by atoms with van der Waals surface area (Å²) < 4.78 is 69.0. The van der Waals surface area contributed by atoms with Gasteiger partial charge in [-0.3, -0.25) is 37.3 Å². The topological polar surface area (TPSA) is 237 Å². The summed E-state index contributed by atoms with van der Waals surface area (Å²) in [5.74, 6) is -1.25. The highest BCUT2D eigenvalue weighted by Gasteiger charge is 2.31. The van der Waals surface area contributed by atoms with Gasteiger partial charge in [0, 0.05) is 25.7 Å². The quantitative estimate of drug-likeness (QED) is 0.0222. The second-order valence-corrected chi connectivity index (χ2v) is 35.5. The van der Waals surface area contributed by atoms with Gasteiger partial charge in [0.2, 0.25) is 0 Å². The number of hydrogen-bond donors (Lipinski definition) is 3. The van der Waals surface area contributed by atoms with Gasteiger partial charge in [0.05, 0.1) is 26.4 Å². The lowest BCUT2D eigenvalue weighted by molar-refractivity contribution is -0.161. The number of unbranched alkanes of at least 4 members (excludes halogenated alkanes) is 61. The molecule has 0 heterocycles. The number of carbonyl (C=O) groups excluding carboxylic acids is 4. The summed E-state index contributed by atoms with van der Waals surface area (Å²) >= 11 is 0. The van der Waals surface area contributed by atoms with Crippen LogP contribution in [0.5, 0.6) is 0 Å². The summed E-state index contributed by atoms with van der Waals surface area (Å²) in [6, 6.07) is 0. The lowest BCUT2D eigenvalue weighted by atomic mass is 9.99. The van der Waals surface area contributed by atoms with E-state index in [1.54, 1.807) is 0 Å². The maximum Gasteiger partial charge on any atom is 0.472 e. The van der Waals surface area contributed by atoms with E-state index >= 15 is 0 Å². The second kappa shape index (κ2) is 82.6. The molecule has 0 saturated heterocycles. The first-order chi connectivity index (χ1) is 53.1. The number of phosphoric ester groups is 2. The van der Waals surface area contributed by atoms with Crippen LogP contribution in [0.15, 0.2) is 0 Å². The van der Waals surface area contributed by atoms with Crippen molar-refractivity contribution in [3.8, 4) is 0 Å². The molecule has 0 aliphatic heterocycles. The molecule has 0 aromatic rings. The van der Waals surface area contributed by atoms with Crippen molar-refractivity contribution in [3.05, 3.63) is 0 Å². The Hall–Kier alpha value is -1.94. The molecule has 0 aromatic carbocycles. The van der Waals surface area contributed by atoms with E-state index in [2.05, 4.69) is 34.6 Å². The maximum absolute atomic E-state index is 13.2.